The second kappa shape index (κ2) is 13.1. The number of aromatic nitrogens is 8. The predicted molar refractivity (Wildman–Crippen MR) is 154 cm³/mol. The maximum Gasteiger partial charge on any atom is 0.582 e. The Balaban J connectivity index is 1.40. The number of nitrogens with two attached hydrogens (primary N) is 2. The minimum Gasteiger partial charge on any atom is -0.394 e. The standard InChI is InChI=1S/C19H24N10O10P2S2/c20-12-10-13(23-5-22-12)28(6-24-10)16(32)18(35-1-2-36-40(33)42)39-41(34,43)38-9-3-8(4-30)37-17(9)29-7-25-11-14(29)26-19(21)27-15(11)31/h5-9,16-18,30,32H,1-4H2,(H6-,20,21,22,23,26,27,31,33,34,42,43)/p+1/t8-,9+,16+,17+,18?,41?/m0/s1. The monoisotopic (exact) mass is 679 g/mol. The van der Waals surface area contributed by atoms with Gasteiger partial charge in [0.15, 0.2) is 35.1 Å². The van der Waals surface area contributed by atoms with Gasteiger partial charge in [-0.3, -0.25) is 23.4 Å². The highest BCUT2D eigenvalue weighted by Gasteiger charge is 2.42. The molecular formula is C19H25N10O10P2S2+. The number of hydrogen-bond acceptors (Lipinski definition) is 17. The number of aromatic amines is 1. The van der Waals surface area contributed by atoms with Crippen LogP contribution in [0.15, 0.2) is 23.8 Å². The van der Waals surface area contributed by atoms with Crippen LogP contribution in [0, 0.1) is 0 Å². The van der Waals surface area contributed by atoms with Gasteiger partial charge in [-0.25, -0.2) is 19.9 Å². The van der Waals surface area contributed by atoms with E-state index in [1.165, 1.54) is 17.2 Å². The second-order valence-electron chi connectivity index (χ2n) is 8.87. The molecule has 232 valence electrons. The molecule has 0 spiro atoms. The molecule has 0 aromatic carbocycles. The molecule has 0 amide bonds. The van der Waals surface area contributed by atoms with E-state index >= 15 is 0 Å². The van der Waals surface area contributed by atoms with E-state index in [0.29, 0.717) is 0 Å². The third kappa shape index (κ3) is 7.00. The maximum absolute atomic E-state index is 12.3. The Morgan fingerprint density at radius 3 is 2.74 bits per heavy atom. The SMILES string of the molecule is Nc1nc2c(ncn2[C@@H]2O[C@H](CO)C[C@H]2OP(O)(=S)OC(OCCO[P+](=O)S)[C@@H](O)n2cnc3c(N)ncnc32)c(=O)[nH]1. The van der Waals surface area contributed by atoms with Crippen LogP contribution in [0.25, 0.3) is 22.3 Å². The number of H-pyrrole nitrogens is 1. The number of imidazole rings is 2. The fourth-order valence-corrected chi connectivity index (χ4v) is 6.35. The summed E-state index contributed by atoms with van der Waals surface area (Å²) in [6.07, 6.45) is -2.71. The molecule has 1 fully saturated rings. The second-order valence-corrected chi connectivity index (χ2v) is 13.3. The predicted octanol–water partition coefficient (Wildman–Crippen LogP) is -0.540. The van der Waals surface area contributed by atoms with E-state index in [4.69, 9.17) is 46.3 Å². The highest BCUT2D eigenvalue weighted by molar-refractivity contribution is 8.39. The number of aliphatic hydroxyl groups excluding tert-OH is 2. The van der Waals surface area contributed by atoms with Crippen molar-refractivity contribution in [1.29, 1.82) is 0 Å². The van der Waals surface area contributed by atoms with Crippen LogP contribution in [0.3, 0.4) is 0 Å². The summed E-state index contributed by atoms with van der Waals surface area (Å²) >= 11 is 8.93. The molecule has 3 unspecified atom stereocenters. The number of nitrogens with one attached hydrogen (secondary N) is 1. The molecular weight excluding hydrogens is 654 g/mol. The lowest BCUT2D eigenvalue weighted by molar-refractivity contribution is -0.179. The summed E-state index contributed by atoms with van der Waals surface area (Å²) in [5.74, 6) is -0.129. The van der Waals surface area contributed by atoms with Gasteiger partial charge in [0.2, 0.25) is 12.2 Å². The van der Waals surface area contributed by atoms with Crippen molar-refractivity contribution in [3.05, 3.63) is 29.3 Å². The summed E-state index contributed by atoms with van der Waals surface area (Å²) in [6.45, 7) is -5.23. The smallest absolute Gasteiger partial charge is 0.394 e. The molecule has 1 saturated heterocycles. The van der Waals surface area contributed by atoms with Crippen molar-refractivity contribution in [1.82, 2.24) is 39.0 Å². The Labute approximate surface area is 251 Å². The molecule has 4 aromatic heterocycles. The first kappa shape index (κ1) is 31.7. The van der Waals surface area contributed by atoms with E-state index < -0.39 is 57.1 Å². The third-order valence-electron chi connectivity index (χ3n) is 6.06. The lowest BCUT2D eigenvalue weighted by Gasteiger charge is -2.29. The number of hydrogen-bond donors (Lipinski definition) is 7. The zero-order chi connectivity index (χ0) is 30.9. The van der Waals surface area contributed by atoms with Gasteiger partial charge in [-0.05, 0) is 16.4 Å². The van der Waals surface area contributed by atoms with E-state index in [2.05, 4.69) is 42.2 Å². The van der Waals surface area contributed by atoms with Gasteiger partial charge in [-0.15, -0.1) is 4.52 Å². The highest BCUT2D eigenvalue weighted by atomic mass is 32.7. The van der Waals surface area contributed by atoms with Crippen LogP contribution >= 0.6 is 26.2 Å². The average Bonchev–Trinajstić information content (AvgIpc) is 3.67. The van der Waals surface area contributed by atoms with Crippen molar-refractivity contribution in [3.8, 4) is 0 Å². The van der Waals surface area contributed by atoms with Gasteiger partial charge in [0.25, 0.3) is 5.56 Å². The van der Waals surface area contributed by atoms with E-state index in [0.717, 1.165) is 10.9 Å². The van der Waals surface area contributed by atoms with Crippen LogP contribution in [-0.4, -0.2) is 92.5 Å². The Morgan fingerprint density at radius 1 is 1.23 bits per heavy atom. The topological polar surface area (TPSA) is 283 Å². The molecule has 0 aliphatic carbocycles. The Kier molecular flexibility index (Phi) is 9.66. The number of ether oxygens (including phenoxy) is 2. The summed E-state index contributed by atoms with van der Waals surface area (Å²) in [5, 5.41) is 20.9. The van der Waals surface area contributed by atoms with Crippen molar-refractivity contribution >= 4 is 72.1 Å². The number of nitrogens with zero attached hydrogens (tertiary/aromatic N) is 7. The number of anilines is 2. The van der Waals surface area contributed by atoms with Crippen LogP contribution in [0.2, 0.25) is 0 Å². The summed E-state index contributed by atoms with van der Waals surface area (Å²) in [5.41, 5.74) is 11.2. The van der Waals surface area contributed by atoms with E-state index in [1.807, 2.05) is 0 Å². The normalized spacial score (nSPS) is 22.1. The van der Waals surface area contributed by atoms with Crippen molar-refractivity contribution in [2.75, 3.05) is 31.3 Å². The van der Waals surface area contributed by atoms with Crippen molar-refractivity contribution < 1.29 is 42.7 Å². The first-order valence-electron chi connectivity index (χ1n) is 12.2. The van der Waals surface area contributed by atoms with Crippen LogP contribution in [0.4, 0.5) is 11.8 Å². The third-order valence-corrected chi connectivity index (χ3v) is 8.34. The molecule has 8 N–H and O–H groups in total. The summed E-state index contributed by atoms with van der Waals surface area (Å²) in [4.78, 5) is 45.9. The molecule has 1 aliphatic rings. The van der Waals surface area contributed by atoms with Crippen molar-refractivity contribution in [2.24, 2.45) is 0 Å². The lowest BCUT2D eigenvalue weighted by Crippen LogP contribution is -2.31. The van der Waals surface area contributed by atoms with Gasteiger partial charge in [-0.1, -0.05) is 0 Å². The largest absolute Gasteiger partial charge is 0.582 e. The molecule has 1 aliphatic heterocycles. The molecule has 5 heterocycles. The fourth-order valence-electron chi connectivity index (χ4n) is 4.28. The fraction of sp³-hybridized carbons (Fsp3) is 0.474. The Morgan fingerprint density at radius 2 is 2.00 bits per heavy atom. The molecule has 24 heteroatoms. The van der Waals surface area contributed by atoms with Crippen LogP contribution in [-0.2, 0) is 39.4 Å². The van der Waals surface area contributed by atoms with Crippen LogP contribution in [0.1, 0.15) is 18.9 Å². The van der Waals surface area contributed by atoms with Gasteiger partial charge in [0.05, 0.1) is 32.0 Å². The summed E-state index contributed by atoms with van der Waals surface area (Å²) in [6, 6.07) is 0. The Hall–Kier alpha value is -2.72. The molecule has 5 rings (SSSR count). The number of thiol groups is 1. The summed E-state index contributed by atoms with van der Waals surface area (Å²) < 4.78 is 41.4. The molecule has 0 saturated carbocycles. The van der Waals surface area contributed by atoms with Gasteiger partial charge in [0, 0.05) is 6.42 Å². The number of aliphatic hydroxyl groups is 2. The molecule has 0 radical (unpaired) electrons. The minimum absolute atomic E-state index is 0.0289. The quantitative estimate of drug-likeness (QED) is 0.0404. The molecule has 7 atom stereocenters. The van der Waals surface area contributed by atoms with Crippen LogP contribution < -0.4 is 17.0 Å². The van der Waals surface area contributed by atoms with Crippen molar-refractivity contribution in [2.45, 2.75) is 37.4 Å². The van der Waals surface area contributed by atoms with E-state index in [9.17, 15) is 24.5 Å². The van der Waals surface area contributed by atoms with E-state index in [1.54, 1.807) is 0 Å². The van der Waals surface area contributed by atoms with Gasteiger partial charge < -0.3 is 40.6 Å². The lowest BCUT2D eigenvalue weighted by atomic mass is 10.2. The molecule has 20 nitrogen and oxygen atoms in total. The number of fused-ring (bicyclic) bond motifs is 2. The first-order valence-corrected chi connectivity index (χ1v) is 17.1. The summed E-state index contributed by atoms with van der Waals surface area (Å²) in [7, 11) is -2.24. The van der Waals surface area contributed by atoms with Gasteiger partial charge >= 0.3 is 13.9 Å². The molecule has 4 aromatic rings. The van der Waals surface area contributed by atoms with E-state index in [-0.39, 0.29) is 53.7 Å². The molecule has 0 bridgehead atoms. The van der Waals surface area contributed by atoms with Crippen LogP contribution in [0.5, 0.6) is 0 Å². The Bertz CT molecular complexity index is 1740. The zero-order valence-corrected chi connectivity index (χ0v) is 25.2. The number of rotatable bonds is 13. The van der Waals surface area contributed by atoms with Crippen molar-refractivity contribution in [3.63, 3.8) is 0 Å². The van der Waals surface area contributed by atoms with Gasteiger partial charge in [-0.2, -0.15) is 4.98 Å². The zero-order valence-electron chi connectivity index (χ0n) is 21.7. The first-order chi connectivity index (χ1) is 20.5. The number of nitrogen functional groups attached to an aromatic ring is 2. The molecule has 43 heavy (non-hydrogen) atoms. The maximum atomic E-state index is 12.3. The van der Waals surface area contributed by atoms with Gasteiger partial charge in [0.1, 0.15) is 36.8 Å². The average molecular weight is 680 g/mol. The highest BCUT2D eigenvalue weighted by Crippen LogP contribution is 2.51. The minimum atomic E-state index is -4.31.